The molecule has 110 valence electrons. The number of nitrogens with zero attached hydrogens (tertiary/aromatic N) is 4. The molecule has 1 N–H and O–H groups in total. The Morgan fingerprint density at radius 3 is 2.81 bits per heavy atom. The molecule has 0 atom stereocenters. The normalized spacial score (nSPS) is 14.4. The van der Waals surface area contributed by atoms with Crippen LogP contribution in [0.2, 0.25) is 0 Å². The van der Waals surface area contributed by atoms with Gasteiger partial charge in [0.15, 0.2) is 5.82 Å². The lowest BCUT2D eigenvalue weighted by molar-refractivity contribution is -0.387. The van der Waals surface area contributed by atoms with Crippen molar-refractivity contribution in [1.29, 1.82) is 0 Å². The Hall–Kier alpha value is -2.42. The highest BCUT2D eigenvalue weighted by Crippen LogP contribution is 2.24. The van der Waals surface area contributed by atoms with E-state index in [1.54, 1.807) is 0 Å². The van der Waals surface area contributed by atoms with Crippen molar-refractivity contribution in [2.24, 2.45) is 0 Å². The number of halogens is 2. The van der Waals surface area contributed by atoms with E-state index in [0.717, 1.165) is 23.6 Å². The lowest BCUT2D eigenvalue weighted by Gasteiger charge is -2.03. The van der Waals surface area contributed by atoms with Crippen molar-refractivity contribution in [3.63, 3.8) is 0 Å². The first-order valence-corrected chi connectivity index (χ1v) is 6.33. The summed E-state index contributed by atoms with van der Waals surface area (Å²) in [5, 5.41) is 21.5. The van der Waals surface area contributed by atoms with Gasteiger partial charge in [-0.05, 0) is 12.8 Å². The SMILES string of the molecule is O=[N+]([O-])c1cc(-n2cc(CNC3CC3)nn2)c(F)cc1F. The summed E-state index contributed by atoms with van der Waals surface area (Å²) in [6.07, 6.45) is 3.69. The highest BCUT2D eigenvalue weighted by Gasteiger charge is 2.22. The quantitative estimate of drug-likeness (QED) is 0.670. The maximum absolute atomic E-state index is 13.7. The molecule has 0 aliphatic heterocycles. The van der Waals surface area contributed by atoms with Gasteiger partial charge in [-0.25, -0.2) is 9.07 Å². The summed E-state index contributed by atoms with van der Waals surface area (Å²) >= 11 is 0. The van der Waals surface area contributed by atoms with E-state index < -0.39 is 22.2 Å². The minimum atomic E-state index is -1.23. The number of benzene rings is 1. The minimum absolute atomic E-state index is 0.215. The Kier molecular flexibility index (Phi) is 3.34. The van der Waals surface area contributed by atoms with Crippen LogP contribution >= 0.6 is 0 Å². The van der Waals surface area contributed by atoms with E-state index in [-0.39, 0.29) is 5.69 Å². The summed E-state index contributed by atoms with van der Waals surface area (Å²) in [4.78, 5) is 9.78. The lowest BCUT2D eigenvalue weighted by Crippen LogP contribution is -2.15. The fourth-order valence-electron chi connectivity index (χ4n) is 1.88. The lowest BCUT2D eigenvalue weighted by atomic mass is 10.2. The van der Waals surface area contributed by atoms with Gasteiger partial charge in [-0.15, -0.1) is 5.10 Å². The molecule has 1 fully saturated rings. The van der Waals surface area contributed by atoms with Gasteiger partial charge in [-0.2, -0.15) is 4.39 Å². The molecule has 21 heavy (non-hydrogen) atoms. The summed E-state index contributed by atoms with van der Waals surface area (Å²) in [7, 11) is 0. The molecule has 1 heterocycles. The van der Waals surface area contributed by atoms with Gasteiger partial charge in [0.2, 0.25) is 5.82 Å². The molecule has 0 bridgehead atoms. The molecule has 1 aromatic heterocycles. The summed E-state index contributed by atoms with van der Waals surface area (Å²) < 4.78 is 28.1. The average molecular weight is 295 g/mol. The molecule has 2 aromatic rings. The minimum Gasteiger partial charge on any atom is -0.308 e. The smallest absolute Gasteiger partial charge is 0.307 e. The molecule has 1 aliphatic rings. The van der Waals surface area contributed by atoms with Gasteiger partial charge < -0.3 is 5.32 Å². The number of nitrogens with one attached hydrogen (secondary N) is 1. The van der Waals surface area contributed by atoms with Crippen LogP contribution in [-0.4, -0.2) is 26.0 Å². The van der Waals surface area contributed by atoms with E-state index in [1.165, 1.54) is 6.20 Å². The molecule has 7 nitrogen and oxygen atoms in total. The summed E-state index contributed by atoms with van der Waals surface area (Å²) in [6, 6.07) is 1.76. The highest BCUT2D eigenvalue weighted by atomic mass is 19.1. The van der Waals surface area contributed by atoms with Crippen LogP contribution < -0.4 is 5.32 Å². The Labute approximate surface area is 117 Å². The van der Waals surface area contributed by atoms with Crippen LogP contribution in [0.3, 0.4) is 0 Å². The van der Waals surface area contributed by atoms with Crippen molar-refractivity contribution in [2.75, 3.05) is 0 Å². The third-order valence-electron chi connectivity index (χ3n) is 3.15. The predicted molar refractivity (Wildman–Crippen MR) is 67.8 cm³/mol. The predicted octanol–water partition coefficient (Wildman–Crippen LogP) is 1.71. The van der Waals surface area contributed by atoms with Crippen molar-refractivity contribution < 1.29 is 13.7 Å². The molecule has 1 aliphatic carbocycles. The second-order valence-corrected chi connectivity index (χ2v) is 4.82. The molecule has 0 amide bonds. The highest BCUT2D eigenvalue weighted by molar-refractivity contribution is 5.45. The van der Waals surface area contributed by atoms with Gasteiger partial charge in [0.25, 0.3) is 0 Å². The van der Waals surface area contributed by atoms with Gasteiger partial charge in [0, 0.05) is 24.7 Å². The fraction of sp³-hybridized carbons (Fsp3) is 0.333. The van der Waals surface area contributed by atoms with Gasteiger partial charge >= 0.3 is 5.69 Å². The van der Waals surface area contributed by atoms with Crippen molar-refractivity contribution >= 4 is 5.69 Å². The average Bonchev–Trinajstić information content (AvgIpc) is 3.14. The van der Waals surface area contributed by atoms with Gasteiger partial charge in [0.1, 0.15) is 5.69 Å². The van der Waals surface area contributed by atoms with E-state index >= 15 is 0 Å². The zero-order chi connectivity index (χ0) is 15.0. The molecule has 9 heteroatoms. The zero-order valence-corrected chi connectivity index (χ0v) is 10.8. The maximum Gasteiger partial charge on any atom is 0.307 e. The first-order valence-electron chi connectivity index (χ1n) is 6.33. The fourth-order valence-corrected chi connectivity index (χ4v) is 1.88. The molecule has 1 saturated carbocycles. The molecule has 0 saturated heterocycles. The van der Waals surface area contributed by atoms with Crippen LogP contribution in [0, 0.1) is 21.7 Å². The first-order chi connectivity index (χ1) is 10.0. The second-order valence-electron chi connectivity index (χ2n) is 4.82. The molecule has 0 radical (unpaired) electrons. The maximum atomic E-state index is 13.7. The molecule has 3 rings (SSSR count). The Bertz CT molecular complexity index is 699. The first kappa shape index (κ1) is 13.6. The van der Waals surface area contributed by atoms with Crippen LogP contribution in [0.4, 0.5) is 14.5 Å². The van der Waals surface area contributed by atoms with Crippen LogP contribution in [-0.2, 0) is 6.54 Å². The van der Waals surface area contributed by atoms with E-state index in [9.17, 15) is 18.9 Å². The number of aromatic nitrogens is 3. The largest absolute Gasteiger partial charge is 0.308 e. The van der Waals surface area contributed by atoms with Gasteiger partial charge in [-0.3, -0.25) is 10.1 Å². The summed E-state index contributed by atoms with van der Waals surface area (Å²) in [5.41, 5.74) is -0.443. The Morgan fingerprint density at radius 1 is 1.38 bits per heavy atom. The topological polar surface area (TPSA) is 85.9 Å². The van der Waals surface area contributed by atoms with E-state index in [0.29, 0.717) is 24.3 Å². The van der Waals surface area contributed by atoms with Crippen molar-refractivity contribution in [1.82, 2.24) is 20.3 Å². The van der Waals surface area contributed by atoms with E-state index in [1.807, 2.05) is 0 Å². The standard InChI is InChI=1S/C12H11F2N5O2/c13-9-3-10(14)12(19(20)21)4-11(9)18-6-8(16-17-18)5-15-7-1-2-7/h3-4,6-7,15H,1-2,5H2. The molecule has 0 unspecified atom stereocenters. The van der Waals surface area contributed by atoms with Crippen LogP contribution in [0.5, 0.6) is 0 Å². The van der Waals surface area contributed by atoms with Crippen molar-refractivity contribution in [3.05, 3.63) is 45.8 Å². The molecule has 1 aromatic carbocycles. The number of hydrogen-bond donors (Lipinski definition) is 1. The van der Waals surface area contributed by atoms with E-state index in [2.05, 4.69) is 15.6 Å². The number of nitro groups is 1. The second kappa shape index (κ2) is 5.17. The van der Waals surface area contributed by atoms with Crippen molar-refractivity contribution in [3.8, 4) is 5.69 Å². The molecular weight excluding hydrogens is 284 g/mol. The van der Waals surface area contributed by atoms with Crippen LogP contribution in [0.25, 0.3) is 5.69 Å². The summed E-state index contributed by atoms with van der Waals surface area (Å²) in [5.74, 6) is -2.17. The third kappa shape index (κ3) is 2.87. The van der Waals surface area contributed by atoms with E-state index in [4.69, 9.17) is 0 Å². The zero-order valence-electron chi connectivity index (χ0n) is 10.8. The number of nitro benzene ring substituents is 1. The van der Waals surface area contributed by atoms with Gasteiger partial charge in [0.05, 0.1) is 16.8 Å². The van der Waals surface area contributed by atoms with Crippen molar-refractivity contribution in [2.45, 2.75) is 25.4 Å². The number of rotatable bonds is 5. The third-order valence-corrected chi connectivity index (χ3v) is 3.15. The number of hydrogen-bond acceptors (Lipinski definition) is 5. The summed E-state index contributed by atoms with van der Waals surface area (Å²) in [6.45, 7) is 0.482. The van der Waals surface area contributed by atoms with Gasteiger partial charge in [-0.1, -0.05) is 5.21 Å². The Balaban J connectivity index is 1.88. The monoisotopic (exact) mass is 295 g/mol. The molecular formula is C12H11F2N5O2. The van der Waals surface area contributed by atoms with Crippen LogP contribution in [0.15, 0.2) is 18.3 Å². The molecule has 0 spiro atoms. The Morgan fingerprint density at radius 2 is 2.14 bits per heavy atom. The van der Waals surface area contributed by atoms with Crippen LogP contribution in [0.1, 0.15) is 18.5 Å².